The fourth-order valence-electron chi connectivity index (χ4n) is 1.32. The molecule has 1 aromatic rings. The second-order valence-corrected chi connectivity index (χ2v) is 4.79. The van der Waals surface area contributed by atoms with Crippen LogP contribution in [-0.4, -0.2) is 11.5 Å². The zero-order valence-electron chi connectivity index (χ0n) is 10.6. The fourth-order valence-corrected chi connectivity index (χ4v) is 1.32. The molecule has 0 aromatic carbocycles. The molecule has 0 radical (unpaired) electrons. The van der Waals surface area contributed by atoms with Gasteiger partial charge in [-0.2, -0.15) is 0 Å². The highest BCUT2D eigenvalue weighted by molar-refractivity contribution is 5.37. The molecule has 0 bridgehead atoms. The maximum Gasteiger partial charge on any atom is 0.125 e. The van der Waals surface area contributed by atoms with Crippen molar-refractivity contribution in [3.8, 4) is 11.8 Å². The number of nitrogens with one attached hydrogen (secondary N) is 1. The molecule has 0 aliphatic heterocycles. The summed E-state index contributed by atoms with van der Waals surface area (Å²) in [6.45, 7) is 9.27. The average Bonchev–Trinajstić information content (AvgIpc) is 2.24. The van der Waals surface area contributed by atoms with Crippen LogP contribution in [0, 0.1) is 11.8 Å². The Hall–Kier alpha value is -1.49. The van der Waals surface area contributed by atoms with Crippen LogP contribution in [0.1, 0.15) is 39.7 Å². The lowest BCUT2D eigenvalue weighted by Gasteiger charge is -2.18. The van der Waals surface area contributed by atoms with Gasteiger partial charge in [0.25, 0.3) is 0 Å². The summed E-state index contributed by atoms with van der Waals surface area (Å²) in [5.74, 6) is 6.81. The van der Waals surface area contributed by atoms with Gasteiger partial charge in [-0.3, -0.25) is 0 Å². The molecule has 0 unspecified atom stereocenters. The van der Waals surface area contributed by atoms with Crippen LogP contribution in [0.3, 0.4) is 0 Å². The molecule has 0 saturated carbocycles. The van der Waals surface area contributed by atoms with Crippen molar-refractivity contribution in [2.75, 3.05) is 11.9 Å². The topological polar surface area (TPSA) is 24.9 Å². The number of rotatable bonds is 3. The van der Waals surface area contributed by atoms with Crippen molar-refractivity contribution in [3.63, 3.8) is 0 Å². The van der Waals surface area contributed by atoms with Crippen molar-refractivity contribution >= 4 is 5.82 Å². The number of nitrogens with zero attached hydrogens (tertiary/aromatic N) is 1. The van der Waals surface area contributed by atoms with E-state index in [-0.39, 0.29) is 5.41 Å². The maximum atomic E-state index is 4.38. The van der Waals surface area contributed by atoms with E-state index in [1.165, 1.54) is 5.56 Å². The van der Waals surface area contributed by atoms with Crippen LogP contribution in [0.5, 0.6) is 0 Å². The summed E-state index contributed by atoms with van der Waals surface area (Å²) in [4.78, 5) is 4.38. The minimum Gasteiger partial charge on any atom is -0.369 e. The Labute approximate surface area is 98.5 Å². The molecule has 16 heavy (non-hydrogen) atoms. The molecule has 86 valence electrons. The standard InChI is InChI=1S/C14H20N2/c1-5-6-7-10-15-13-9-8-12(11-16-13)14(2,3)4/h8-9,11H,7,10H2,1-4H3,(H,15,16). The first kappa shape index (κ1) is 12.6. The minimum atomic E-state index is 0.166. The Kier molecular flexibility index (Phi) is 4.37. The van der Waals surface area contributed by atoms with E-state index in [2.05, 4.69) is 49.0 Å². The highest BCUT2D eigenvalue weighted by Crippen LogP contribution is 2.21. The highest BCUT2D eigenvalue weighted by Gasteiger charge is 2.13. The van der Waals surface area contributed by atoms with Crippen LogP contribution in [0.15, 0.2) is 18.3 Å². The lowest BCUT2D eigenvalue weighted by atomic mass is 9.88. The Morgan fingerprint density at radius 2 is 2.06 bits per heavy atom. The van der Waals surface area contributed by atoms with Crippen molar-refractivity contribution < 1.29 is 0 Å². The molecule has 2 nitrogen and oxygen atoms in total. The Morgan fingerprint density at radius 3 is 2.56 bits per heavy atom. The number of pyridine rings is 1. The quantitative estimate of drug-likeness (QED) is 0.620. The van der Waals surface area contributed by atoms with Crippen LogP contribution in [0.2, 0.25) is 0 Å². The van der Waals surface area contributed by atoms with Gasteiger partial charge in [0.2, 0.25) is 0 Å². The summed E-state index contributed by atoms with van der Waals surface area (Å²) in [5, 5.41) is 3.24. The molecule has 0 amide bonds. The summed E-state index contributed by atoms with van der Waals surface area (Å²) >= 11 is 0. The van der Waals surface area contributed by atoms with Crippen LogP contribution in [0.4, 0.5) is 5.82 Å². The Balaban J connectivity index is 2.54. The monoisotopic (exact) mass is 216 g/mol. The maximum absolute atomic E-state index is 4.38. The van der Waals surface area contributed by atoms with E-state index in [0.29, 0.717) is 0 Å². The molecule has 2 heteroatoms. The Bertz CT molecular complexity index is 374. The lowest BCUT2D eigenvalue weighted by Crippen LogP contribution is -2.12. The first-order valence-electron chi connectivity index (χ1n) is 5.64. The summed E-state index contributed by atoms with van der Waals surface area (Å²) in [5.41, 5.74) is 1.42. The van der Waals surface area contributed by atoms with Gasteiger partial charge < -0.3 is 5.32 Å². The summed E-state index contributed by atoms with van der Waals surface area (Å²) < 4.78 is 0. The molecule has 0 saturated heterocycles. The Morgan fingerprint density at radius 1 is 1.31 bits per heavy atom. The van der Waals surface area contributed by atoms with Gasteiger partial charge in [0.1, 0.15) is 5.82 Å². The smallest absolute Gasteiger partial charge is 0.125 e. The van der Waals surface area contributed by atoms with Crippen LogP contribution >= 0.6 is 0 Å². The SMILES string of the molecule is CC#CCCNc1ccc(C(C)(C)C)cn1. The van der Waals surface area contributed by atoms with Crippen molar-refractivity contribution in [2.24, 2.45) is 0 Å². The van der Waals surface area contributed by atoms with Gasteiger partial charge in [-0.05, 0) is 24.0 Å². The molecule has 1 aromatic heterocycles. The van der Waals surface area contributed by atoms with E-state index in [1.54, 1.807) is 0 Å². The highest BCUT2D eigenvalue weighted by atomic mass is 15.0. The minimum absolute atomic E-state index is 0.166. The van der Waals surface area contributed by atoms with E-state index in [9.17, 15) is 0 Å². The molecular formula is C14H20N2. The molecule has 0 fully saturated rings. The number of hydrogen-bond acceptors (Lipinski definition) is 2. The number of hydrogen-bond donors (Lipinski definition) is 1. The van der Waals surface area contributed by atoms with Gasteiger partial charge in [0, 0.05) is 19.2 Å². The van der Waals surface area contributed by atoms with Crippen molar-refractivity contribution in [1.82, 2.24) is 4.98 Å². The third-order valence-electron chi connectivity index (χ3n) is 2.36. The van der Waals surface area contributed by atoms with E-state index < -0.39 is 0 Å². The normalized spacial score (nSPS) is 10.5. The van der Waals surface area contributed by atoms with E-state index in [1.807, 2.05) is 19.2 Å². The van der Waals surface area contributed by atoms with Crippen LogP contribution in [-0.2, 0) is 5.41 Å². The average molecular weight is 216 g/mol. The fraction of sp³-hybridized carbons (Fsp3) is 0.500. The van der Waals surface area contributed by atoms with E-state index >= 15 is 0 Å². The first-order valence-corrected chi connectivity index (χ1v) is 5.64. The lowest BCUT2D eigenvalue weighted by molar-refractivity contribution is 0.587. The second-order valence-electron chi connectivity index (χ2n) is 4.79. The summed E-state index contributed by atoms with van der Waals surface area (Å²) in [6, 6.07) is 4.15. The summed E-state index contributed by atoms with van der Waals surface area (Å²) in [6.07, 6.45) is 2.80. The third kappa shape index (κ3) is 3.94. The number of aromatic nitrogens is 1. The second kappa shape index (κ2) is 5.55. The predicted molar refractivity (Wildman–Crippen MR) is 69.5 cm³/mol. The van der Waals surface area contributed by atoms with Gasteiger partial charge >= 0.3 is 0 Å². The van der Waals surface area contributed by atoms with Crippen LogP contribution in [0.25, 0.3) is 0 Å². The van der Waals surface area contributed by atoms with Gasteiger partial charge in [0.05, 0.1) is 0 Å². The van der Waals surface area contributed by atoms with E-state index in [0.717, 1.165) is 18.8 Å². The molecule has 0 atom stereocenters. The predicted octanol–water partition coefficient (Wildman–Crippen LogP) is 3.20. The van der Waals surface area contributed by atoms with Crippen molar-refractivity contribution in [1.29, 1.82) is 0 Å². The molecule has 0 aliphatic carbocycles. The summed E-state index contributed by atoms with van der Waals surface area (Å²) in [7, 11) is 0. The third-order valence-corrected chi connectivity index (χ3v) is 2.36. The van der Waals surface area contributed by atoms with Crippen molar-refractivity contribution in [2.45, 2.75) is 39.5 Å². The van der Waals surface area contributed by atoms with Gasteiger partial charge in [-0.25, -0.2) is 4.98 Å². The number of anilines is 1. The molecule has 0 aliphatic rings. The molecule has 1 rings (SSSR count). The van der Waals surface area contributed by atoms with Gasteiger partial charge in [0.15, 0.2) is 0 Å². The van der Waals surface area contributed by atoms with E-state index in [4.69, 9.17) is 0 Å². The first-order chi connectivity index (χ1) is 7.54. The largest absolute Gasteiger partial charge is 0.369 e. The van der Waals surface area contributed by atoms with Gasteiger partial charge in [-0.1, -0.05) is 26.8 Å². The molecule has 1 N–H and O–H groups in total. The zero-order valence-corrected chi connectivity index (χ0v) is 10.6. The molecular weight excluding hydrogens is 196 g/mol. The van der Waals surface area contributed by atoms with Crippen molar-refractivity contribution in [3.05, 3.63) is 23.9 Å². The molecule has 1 heterocycles. The molecule has 0 spiro atoms. The van der Waals surface area contributed by atoms with Crippen LogP contribution < -0.4 is 5.32 Å². The zero-order chi connectivity index (χ0) is 12.0. The van der Waals surface area contributed by atoms with Gasteiger partial charge in [-0.15, -0.1) is 11.8 Å².